The number of hydrogen-bond acceptors (Lipinski definition) is 1. The van der Waals surface area contributed by atoms with Crippen molar-refractivity contribution in [1.29, 1.82) is 0 Å². The van der Waals surface area contributed by atoms with Crippen molar-refractivity contribution < 1.29 is 5.11 Å². The summed E-state index contributed by atoms with van der Waals surface area (Å²) in [6.07, 6.45) is 4.58. The van der Waals surface area contributed by atoms with E-state index in [2.05, 4.69) is 66.0 Å². The first-order valence-corrected chi connectivity index (χ1v) is 7.93. The van der Waals surface area contributed by atoms with Gasteiger partial charge in [-0.05, 0) is 37.0 Å². The third kappa shape index (κ3) is 1.70. The van der Waals surface area contributed by atoms with Crippen LogP contribution in [0.1, 0.15) is 46.5 Å². The first-order valence-electron chi connectivity index (χ1n) is 5.78. The van der Waals surface area contributed by atoms with Crippen molar-refractivity contribution in [1.82, 2.24) is 0 Å². The number of halogens is 2. The molecule has 0 aromatic rings. The summed E-state index contributed by atoms with van der Waals surface area (Å²) >= 11 is 5.15. The quantitative estimate of drug-likeness (QED) is 0.449. The molecule has 0 spiro atoms. The smallest absolute Gasteiger partial charge is 0.0815 e. The summed E-state index contributed by atoms with van der Waals surface area (Å²) < 4.78 is 0.240. The van der Waals surface area contributed by atoms with E-state index in [1.807, 2.05) is 0 Å². The van der Waals surface area contributed by atoms with Gasteiger partial charge < -0.3 is 5.11 Å². The van der Waals surface area contributed by atoms with E-state index in [4.69, 9.17) is 0 Å². The van der Waals surface area contributed by atoms with Crippen LogP contribution in [0.25, 0.3) is 0 Å². The van der Waals surface area contributed by atoms with E-state index >= 15 is 0 Å². The zero-order valence-corrected chi connectivity index (χ0v) is 14.0. The number of hydrogen-bond donors (Lipinski definition) is 1. The van der Waals surface area contributed by atoms with Crippen molar-refractivity contribution in [2.75, 3.05) is 0 Å². The molecule has 3 heteroatoms. The molecule has 2 aliphatic rings. The van der Waals surface area contributed by atoms with Gasteiger partial charge in [0.15, 0.2) is 0 Å². The Morgan fingerprint density at radius 2 is 1.67 bits per heavy atom. The summed E-state index contributed by atoms with van der Waals surface area (Å²) in [4.78, 5) is 0. The van der Waals surface area contributed by atoms with E-state index in [1.165, 1.54) is 19.3 Å². The number of rotatable bonds is 0. The first-order chi connectivity index (χ1) is 6.72. The highest BCUT2D eigenvalue weighted by Crippen LogP contribution is 2.68. The molecule has 0 saturated heterocycles. The Bertz CT molecular complexity index is 275. The third-order valence-electron chi connectivity index (χ3n) is 4.96. The van der Waals surface area contributed by atoms with Gasteiger partial charge in [0.25, 0.3) is 0 Å². The Balaban J connectivity index is 2.43. The topological polar surface area (TPSA) is 20.2 Å². The van der Waals surface area contributed by atoms with Gasteiger partial charge in [0, 0.05) is 5.41 Å². The molecule has 3 atom stereocenters. The highest BCUT2D eigenvalue weighted by atomic mass is 127. The molecule has 2 rings (SSSR count). The van der Waals surface area contributed by atoms with Gasteiger partial charge in [-0.3, -0.25) is 0 Å². The highest BCUT2D eigenvalue weighted by molar-refractivity contribution is 14.2. The Morgan fingerprint density at radius 1 is 1.07 bits per heavy atom. The standard InChI is InChI=1S/C12H20I2O/c1-10(2)6-5-9(15)11(3)8(10)4-7-12(11,13)14/h8-9,15H,4-7H2,1-3H3/t8-,9+,11-/m0/s1. The Morgan fingerprint density at radius 3 is 2.20 bits per heavy atom. The maximum Gasteiger partial charge on any atom is 0.0815 e. The molecule has 88 valence electrons. The summed E-state index contributed by atoms with van der Waals surface area (Å²) in [7, 11) is 0. The fraction of sp³-hybridized carbons (Fsp3) is 1.00. The van der Waals surface area contributed by atoms with Crippen LogP contribution >= 0.6 is 45.2 Å². The average molecular weight is 434 g/mol. The fourth-order valence-corrected chi connectivity index (χ4v) is 5.90. The Kier molecular flexibility index (Phi) is 3.18. The molecule has 0 bridgehead atoms. The van der Waals surface area contributed by atoms with Crippen LogP contribution in [0.2, 0.25) is 0 Å². The SMILES string of the molecule is CC1(C)CC[C@@H](O)[C@]2(C)[C@H]1CCC2(I)I. The molecule has 2 fully saturated rings. The van der Waals surface area contributed by atoms with Crippen LogP contribution in [0.3, 0.4) is 0 Å². The van der Waals surface area contributed by atoms with Crippen molar-refractivity contribution in [3.63, 3.8) is 0 Å². The summed E-state index contributed by atoms with van der Waals surface area (Å²) in [5.41, 5.74) is 0.516. The lowest BCUT2D eigenvalue weighted by atomic mass is 9.57. The van der Waals surface area contributed by atoms with Crippen molar-refractivity contribution in [3.05, 3.63) is 0 Å². The van der Waals surface area contributed by atoms with Crippen LogP contribution in [0.4, 0.5) is 0 Å². The van der Waals surface area contributed by atoms with Crippen LogP contribution < -0.4 is 0 Å². The van der Waals surface area contributed by atoms with Crippen LogP contribution in [0.5, 0.6) is 0 Å². The molecule has 0 unspecified atom stereocenters. The van der Waals surface area contributed by atoms with Crippen molar-refractivity contribution in [3.8, 4) is 0 Å². The molecular formula is C12H20I2O. The van der Waals surface area contributed by atoms with E-state index in [1.54, 1.807) is 0 Å². The molecule has 1 N–H and O–H groups in total. The van der Waals surface area contributed by atoms with Gasteiger partial charge in [0.2, 0.25) is 0 Å². The van der Waals surface area contributed by atoms with Gasteiger partial charge in [-0.1, -0.05) is 66.0 Å². The number of alkyl halides is 2. The zero-order valence-electron chi connectivity index (χ0n) is 9.69. The van der Waals surface area contributed by atoms with Crippen LogP contribution in [-0.2, 0) is 0 Å². The second-order valence-corrected chi connectivity index (χ2v) is 11.9. The summed E-state index contributed by atoms with van der Waals surface area (Å²) in [6.45, 7) is 7.09. The molecule has 15 heavy (non-hydrogen) atoms. The minimum atomic E-state index is -0.105. The van der Waals surface area contributed by atoms with Gasteiger partial charge in [0.05, 0.1) is 7.53 Å². The molecular weight excluding hydrogens is 414 g/mol. The van der Waals surface area contributed by atoms with E-state index < -0.39 is 0 Å². The second kappa shape index (κ2) is 3.70. The van der Waals surface area contributed by atoms with Crippen molar-refractivity contribution in [2.45, 2.75) is 54.0 Å². The van der Waals surface area contributed by atoms with Crippen molar-refractivity contribution >= 4 is 45.2 Å². The predicted octanol–water partition coefficient (Wildman–Crippen LogP) is 4.15. The molecule has 2 saturated carbocycles. The van der Waals surface area contributed by atoms with Gasteiger partial charge >= 0.3 is 0 Å². The lowest BCUT2D eigenvalue weighted by molar-refractivity contribution is -0.0779. The van der Waals surface area contributed by atoms with Crippen LogP contribution in [0, 0.1) is 16.7 Å². The van der Waals surface area contributed by atoms with E-state index in [0.717, 1.165) is 6.42 Å². The lowest BCUT2D eigenvalue weighted by Crippen LogP contribution is -2.53. The zero-order chi connectivity index (χ0) is 11.5. The molecule has 0 amide bonds. The molecule has 0 aliphatic heterocycles. The molecule has 2 aliphatic carbocycles. The van der Waals surface area contributed by atoms with Crippen molar-refractivity contribution in [2.24, 2.45) is 16.7 Å². The Labute approximate surface area is 120 Å². The number of aliphatic hydroxyl groups excluding tert-OH is 1. The average Bonchev–Trinajstić information content (AvgIpc) is 2.35. The van der Waals surface area contributed by atoms with E-state index in [0.29, 0.717) is 11.3 Å². The summed E-state index contributed by atoms with van der Waals surface area (Å²) in [5, 5.41) is 10.4. The molecule has 1 nitrogen and oxygen atoms in total. The minimum absolute atomic E-state index is 0.105. The predicted molar refractivity (Wildman–Crippen MR) is 80.6 cm³/mol. The summed E-state index contributed by atoms with van der Waals surface area (Å²) in [5.74, 6) is 0.683. The maximum absolute atomic E-state index is 10.4. The monoisotopic (exact) mass is 434 g/mol. The first kappa shape index (κ1) is 12.9. The van der Waals surface area contributed by atoms with Crippen LogP contribution in [-0.4, -0.2) is 12.6 Å². The molecule has 0 aromatic heterocycles. The highest BCUT2D eigenvalue weighted by Gasteiger charge is 2.63. The number of fused-ring (bicyclic) bond motifs is 1. The second-order valence-electron chi connectivity index (χ2n) is 6.12. The number of aliphatic hydroxyl groups is 1. The lowest BCUT2D eigenvalue weighted by Gasteiger charge is -2.53. The molecule has 0 heterocycles. The normalized spacial score (nSPS) is 47.6. The van der Waals surface area contributed by atoms with Crippen LogP contribution in [0.15, 0.2) is 0 Å². The summed E-state index contributed by atoms with van der Waals surface area (Å²) in [6, 6.07) is 0. The largest absolute Gasteiger partial charge is 0.392 e. The molecule has 0 aromatic carbocycles. The van der Waals surface area contributed by atoms with Gasteiger partial charge in [-0.2, -0.15) is 0 Å². The van der Waals surface area contributed by atoms with Gasteiger partial charge in [-0.15, -0.1) is 0 Å². The van der Waals surface area contributed by atoms with Gasteiger partial charge in [0.1, 0.15) is 0 Å². The van der Waals surface area contributed by atoms with Gasteiger partial charge in [-0.25, -0.2) is 0 Å². The van der Waals surface area contributed by atoms with E-state index in [9.17, 15) is 5.11 Å². The third-order valence-corrected chi connectivity index (χ3v) is 8.36. The minimum Gasteiger partial charge on any atom is -0.392 e. The fourth-order valence-electron chi connectivity index (χ4n) is 3.81. The Hall–Kier alpha value is 1.42. The maximum atomic E-state index is 10.4. The van der Waals surface area contributed by atoms with E-state index in [-0.39, 0.29) is 12.9 Å². The molecule has 0 radical (unpaired) electrons.